The van der Waals surface area contributed by atoms with Crippen molar-refractivity contribution in [3.8, 4) is 10.6 Å². The van der Waals surface area contributed by atoms with Crippen LogP contribution >= 0.6 is 11.3 Å². The lowest BCUT2D eigenvalue weighted by atomic mass is 9.89. The van der Waals surface area contributed by atoms with E-state index >= 15 is 0 Å². The first-order valence-electron chi connectivity index (χ1n) is 14.0. The molecule has 0 radical (unpaired) electrons. The lowest BCUT2D eigenvalue weighted by Crippen LogP contribution is -2.30. The fourth-order valence-electron chi connectivity index (χ4n) is 6.53. The standard InChI is InChI=1S/C28H40N6S/c1-32-27-22(14-15-25(30-27)33-16-8-3-2-4-9-17-33)26(31-32)24-19-29-28(35-24)23-13-10-18-34(23)20-21-11-6-5-7-12-21/h14-15,19,21,23H,2-13,16-18,20H2,1H3/t23-/m0/s1. The van der Waals surface area contributed by atoms with E-state index in [-0.39, 0.29) is 0 Å². The Morgan fingerprint density at radius 2 is 1.66 bits per heavy atom. The van der Waals surface area contributed by atoms with E-state index in [0.717, 1.165) is 41.6 Å². The van der Waals surface area contributed by atoms with Gasteiger partial charge in [0.2, 0.25) is 0 Å². The molecule has 1 saturated carbocycles. The Hall–Kier alpha value is -1.99. The van der Waals surface area contributed by atoms with Crippen molar-refractivity contribution < 1.29 is 0 Å². The van der Waals surface area contributed by atoms with Crippen molar-refractivity contribution >= 4 is 28.2 Å². The lowest BCUT2D eigenvalue weighted by Gasteiger charge is -2.30. The quantitative estimate of drug-likeness (QED) is 0.403. The molecule has 3 aromatic heterocycles. The van der Waals surface area contributed by atoms with E-state index < -0.39 is 0 Å². The van der Waals surface area contributed by atoms with Gasteiger partial charge >= 0.3 is 0 Å². The van der Waals surface area contributed by atoms with Gasteiger partial charge in [-0.2, -0.15) is 5.10 Å². The van der Waals surface area contributed by atoms with Gasteiger partial charge in [-0.15, -0.1) is 11.3 Å². The summed E-state index contributed by atoms with van der Waals surface area (Å²) in [5.41, 5.74) is 2.02. The third kappa shape index (κ3) is 4.99. The number of likely N-dealkylation sites (tertiary alicyclic amines) is 1. The fourth-order valence-corrected chi connectivity index (χ4v) is 7.62. The van der Waals surface area contributed by atoms with Crippen molar-refractivity contribution in [2.75, 3.05) is 31.1 Å². The number of fused-ring (bicyclic) bond motifs is 1. The van der Waals surface area contributed by atoms with Crippen molar-refractivity contribution in [3.63, 3.8) is 0 Å². The van der Waals surface area contributed by atoms with Gasteiger partial charge in [0.05, 0.1) is 10.9 Å². The maximum absolute atomic E-state index is 5.08. The molecule has 6 rings (SSSR count). The largest absolute Gasteiger partial charge is 0.357 e. The summed E-state index contributed by atoms with van der Waals surface area (Å²) in [6, 6.07) is 4.94. The molecule has 3 aliphatic rings. The third-order valence-electron chi connectivity index (χ3n) is 8.48. The number of nitrogens with zero attached hydrogens (tertiary/aromatic N) is 6. The van der Waals surface area contributed by atoms with Gasteiger partial charge < -0.3 is 4.90 Å². The Labute approximate surface area is 213 Å². The summed E-state index contributed by atoms with van der Waals surface area (Å²) in [6.45, 7) is 4.71. The van der Waals surface area contributed by atoms with Crippen molar-refractivity contribution in [3.05, 3.63) is 23.3 Å². The summed E-state index contributed by atoms with van der Waals surface area (Å²) >= 11 is 1.85. The highest BCUT2D eigenvalue weighted by Gasteiger charge is 2.31. The SMILES string of the molecule is Cn1nc(-c2cnc([C@@H]3CCCN3CC3CCCCC3)s2)c2ccc(N3CCCCCCC3)nc21. The summed E-state index contributed by atoms with van der Waals surface area (Å²) < 4.78 is 1.96. The number of anilines is 1. The smallest absolute Gasteiger partial charge is 0.160 e. The van der Waals surface area contributed by atoms with Gasteiger partial charge in [0, 0.05) is 38.3 Å². The second-order valence-electron chi connectivity index (χ2n) is 11.0. The molecule has 35 heavy (non-hydrogen) atoms. The van der Waals surface area contributed by atoms with E-state index in [1.807, 2.05) is 23.1 Å². The molecule has 3 fully saturated rings. The number of thiazole rings is 1. The van der Waals surface area contributed by atoms with E-state index in [0.29, 0.717) is 6.04 Å². The number of hydrogen-bond acceptors (Lipinski definition) is 6. The first kappa shape index (κ1) is 23.4. The number of aryl methyl sites for hydroxylation is 1. The molecule has 6 nitrogen and oxygen atoms in total. The molecule has 7 heteroatoms. The van der Waals surface area contributed by atoms with Gasteiger partial charge in [0.1, 0.15) is 16.5 Å². The van der Waals surface area contributed by atoms with E-state index in [1.54, 1.807) is 0 Å². The predicted octanol–water partition coefficient (Wildman–Crippen LogP) is 6.58. The summed E-state index contributed by atoms with van der Waals surface area (Å²) in [5.74, 6) is 1.99. The Balaban J connectivity index is 1.22. The molecule has 0 aromatic carbocycles. The van der Waals surface area contributed by atoms with Crippen LogP contribution in [0.2, 0.25) is 0 Å². The monoisotopic (exact) mass is 492 g/mol. The van der Waals surface area contributed by atoms with E-state index in [1.165, 1.54) is 100 Å². The van der Waals surface area contributed by atoms with Gasteiger partial charge in [-0.1, -0.05) is 38.5 Å². The van der Waals surface area contributed by atoms with Crippen molar-refractivity contribution in [2.45, 2.75) is 83.1 Å². The van der Waals surface area contributed by atoms with Crippen LogP contribution in [0.5, 0.6) is 0 Å². The molecule has 2 saturated heterocycles. The molecular weight excluding hydrogens is 452 g/mol. The van der Waals surface area contributed by atoms with Crippen molar-refractivity contribution in [2.24, 2.45) is 13.0 Å². The van der Waals surface area contributed by atoms with Crippen LogP contribution in [0.1, 0.15) is 88.1 Å². The number of aromatic nitrogens is 4. The minimum Gasteiger partial charge on any atom is -0.357 e. The molecule has 5 heterocycles. The molecule has 1 aliphatic carbocycles. The molecule has 1 atom stereocenters. The van der Waals surface area contributed by atoms with Crippen LogP contribution in [0.3, 0.4) is 0 Å². The van der Waals surface area contributed by atoms with Gasteiger partial charge in [-0.25, -0.2) is 14.6 Å². The predicted molar refractivity (Wildman–Crippen MR) is 145 cm³/mol. The average Bonchev–Trinajstić information content (AvgIpc) is 3.59. The van der Waals surface area contributed by atoms with Crippen LogP contribution in [0.15, 0.2) is 18.3 Å². The van der Waals surface area contributed by atoms with Gasteiger partial charge in [0.15, 0.2) is 5.65 Å². The van der Waals surface area contributed by atoms with Crippen LogP contribution < -0.4 is 4.90 Å². The van der Waals surface area contributed by atoms with Crippen LogP contribution in [0.25, 0.3) is 21.6 Å². The number of pyridine rings is 1. The third-order valence-corrected chi connectivity index (χ3v) is 9.58. The molecule has 0 N–H and O–H groups in total. The molecular formula is C28H40N6S. The Morgan fingerprint density at radius 3 is 2.49 bits per heavy atom. The maximum Gasteiger partial charge on any atom is 0.160 e. The van der Waals surface area contributed by atoms with Crippen molar-refractivity contribution in [1.82, 2.24) is 24.6 Å². The molecule has 3 aromatic rings. The summed E-state index contributed by atoms with van der Waals surface area (Å²) in [6.07, 6.45) is 18.3. The Kier molecular flexibility index (Phi) is 7.06. The Bertz CT molecular complexity index is 1120. The van der Waals surface area contributed by atoms with E-state index in [9.17, 15) is 0 Å². The zero-order valence-corrected chi connectivity index (χ0v) is 22.1. The first-order valence-corrected chi connectivity index (χ1v) is 14.9. The summed E-state index contributed by atoms with van der Waals surface area (Å²) in [4.78, 5) is 16.4. The minimum atomic E-state index is 0.488. The second-order valence-corrected chi connectivity index (χ2v) is 12.0. The fraction of sp³-hybridized carbons (Fsp3) is 0.679. The van der Waals surface area contributed by atoms with Crippen LogP contribution in [0.4, 0.5) is 5.82 Å². The molecule has 2 aliphatic heterocycles. The average molecular weight is 493 g/mol. The number of rotatable bonds is 5. The topological polar surface area (TPSA) is 50.1 Å². The van der Waals surface area contributed by atoms with E-state index in [2.05, 4.69) is 28.1 Å². The van der Waals surface area contributed by atoms with Gasteiger partial charge in [-0.05, 0) is 63.1 Å². The first-order chi connectivity index (χ1) is 17.3. The lowest BCUT2D eigenvalue weighted by molar-refractivity contribution is 0.188. The summed E-state index contributed by atoms with van der Waals surface area (Å²) in [7, 11) is 2.03. The normalized spacial score (nSPS) is 23.1. The second kappa shape index (κ2) is 10.6. The molecule has 188 valence electrons. The van der Waals surface area contributed by atoms with Gasteiger partial charge in [-0.3, -0.25) is 4.90 Å². The molecule has 0 bridgehead atoms. The zero-order valence-electron chi connectivity index (χ0n) is 21.3. The Morgan fingerprint density at radius 1 is 0.886 bits per heavy atom. The van der Waals surface area contributed by atoms with Crippen LogP contribution in [0, 0.1) is 5.92 Å². The van der Waals surface area contributed by atoms with Crippen molar-refractivity contribution in [1.29, 1.82) is 0 Å². The molecule has 0 amide bonds. The van der Waals surface area contributed by atoms with Gasteiger partial charge in [0.25, 0.3) is 0 Å². The highest BCUT2D eigenvalue weighted by Crippen LogP contribution is 2.40. The highest BCUT2D eigenvalue weighted by molar-refractivity contribution is 7.15. The van der Waals surface area contributed by atoms with Crippen LogP contribution in [-0.4, -0.2) is 50.8 Å². The highest BCUT2D eigenvalue weighted by atomic mass is 32.1. The summed E-state index contributed by atoms with van der Waals surface area (Å²) in [5, 5.41) is 7.34. The van der Waals surface area contributed by atoms with E-state index in [4.69, 9.17) is 15.1 Å². The molecule has 0 spiro atoms. The minimum absolute atomic E-state index is 0.488. The van der Waals surface area contributed by atoms with Crippen LogP contribution in [-0.2, 0) is 7.05 Å². The molecule has 0 unspecified atom stereocenters. The zero-order chi connectivity index (χ0) is 23.6. The maximum atomic E-state index is 5.08. The number of hydrogen-bond donors (Lipinski definition) is 0.